The molecule has 0 bridgehead atoms. The molecular weight excluding hydrogens is 458 g/mol. The van der Waals surface area contributed by atoms with Gasteiger partial charge in [-0.3, -0.25) is 4.79 Å². The molecule has 178 valence electrons. The fraction of sp³-hybridized carbons (Fsp3) is 0.364. The highest BCUT2D eigenvalue weighted by Crippen LogP contribution is 2.25. The number of alkyl halides is 2. The molecule has 8 nitrogen and oxygen atoms in total. The van der Waals surface area contributed by atoms with Gasteiger partial charge < -0.3 is 14.8 Å². The van der Waals surface area contributed by atoms with Gasteiger partial charge in [0, 0.05) is 13.1 Å². The second-order valence-electron chi connectivity index (χ2n) is 7.34. The van der Waals surface area contributed by atoms with Crippen LogP contribution in [0.3, 0.4) is 0 Å². The van der Waals surface area contributed by atoms with Gasteiger partial charge in [-0.05, 0) is 49.2 Å². The molecule has 2 aromatic carbocycles. The van der Waals surface area contributed by atoms with Crippen molar-refractivity contribution >= 4 is 27.6 Å². The molecule has 3 rings (SSSR count). The fourth-order valence-corrected chi connectivity index (χ4v) is 4.88. The third-order valence-electron chi connectivity index (χ3n) is 5.00. The van der Waals surface area contributed by atoms with E-state index in [4.69, 9.17) is 4.74 Å². The number of halogens is 2. The number of ether oxygens (including phenoxy) is 2. The molecule has 33 heavy (non-hydrogen) atoms. The molecule has 1 amide bonds. The lowest BCUT2D eigenvalue weighted by molar-refractivity contribution is -0.119. The first-order valence-corrected chi connectivity index (χ1v) is 11.8. The number of hydrogen-bond acceptors (Lipinski definition) is 6. The second kappa shape index (κ2) is 11.2. The van der Waals surface area contributed by atoms with E-state index in [-0.39, 0.29) is 21.9 Å². The summed E-state index contributed by atoms with van der Waals surface area (Å²) in [6.45, 7) is -2.80. The summed E-state index contributed by atoms with van der Waals surface area (Å²) in [6, 6.07) is 10.9. The predicted molar refractivity (Wildman–Crippen MR) is 116 cm³/mol. The van der Waals surface area contributed by atoms with Crippen molar-refractivity contribution < 1.29 is 36.3 Å². The van der Waals surface area contributed by atoms with Gasteiger partial charge in [0.05, 0.1) is 16.1 Å². The highest BCUT2D eigenvalue weighted by Gasteiger charge is 2.25. The van der Waals surface area contributed by atoms with Crippen LogP contribution in [0.15, 0.2) is 53.4 Å². The Morgan fingerprint density at radius 2 is 1.61 bits per heavy atom. The summed E-state index contributed by atoms with van der Waals surface area (Å²) in [5.74, 6) is -1.82. The smallest absolute Gasteiger partial charge is 0.387 e. The summed E-state index contributed by atoms with van der Waals surface area (Å²) < 4.78 is 61.2. The number of sulfonamides is 1. The number of nitrogens with one attached hydrogen (secondary N) is 1. The Morgan fingerprint density at radius 1 is 0.970 bits per heavy atom. The lowest BCUT2D eigenvalue weighted by Crippen LogP contribution is -2.31. The number of rotatable bonds is 8. The van der Waals surface area contributed by atoms with Crippen molar-refractivity contribution in [2.75, 3.05) is 25.0 Å². The zero-order valence-corrected chi connectivity index (χ0v) is 18.5. The number of anilines is 1. The van der Waals surface area contributed by atoms with Gasteiger partial charge in [0.2, 0.25) is 10.0 Å². The Labute approximate surface area is 190 Å². The van der Waals surface area contributed by atoms with Crippen LogP contribution in [0.2, 0.25) is 0 Å². The topological polar surface area (TPSA) is 102 Å². The maximum absolute atomic E-state index is 12.8. The van der Waals surface area contributed by atoms with Crippen LogP contribution < -0.4 is 10.1 Å². The number of esters is 1. The van der Waals surface area contributed by atoms with Gasteiger partial charge in [0.25, 0.3) is 5.91 Å². The van der Waals surface area contributed by atoms with Crippen LogP contribution in [0, 0.1) is 0 Å². The van der Waals surface area contributed by atoms with Gasteiger partial charge in [0.1, 0.15) is 5.75 Å². The van der Waals surface area contributed by atoms with Crippen molar-refractivity contribution in [2.24, 2.45) is 0 Å². The van der Waals surface area contributed by atoms with Crippen LogP contribution >= 0.6 is 0 Å². The Morgan fingerprint density at radius 3 is 2.24 bits per heavy atom. The lowest BCUT2D eigenvalue weighted by Gasteiger charge is -2.20. The molecule has 0 spiro atoms. The van der Waals surface area contributed by atoms with Gasteiger partial charge >= 0.3 is 12.6 Å². The standard InChI is InChI=1S/C22H24F2N2O6S/c23-22(24)32-19-8-4-3-7-18(19)25-20(27)15-31-21(28)16-9-11-17(12-10-16)33(29,30)26-13-5-1-2-6-14-26/h3-4,7-12,22H,1-2,5-6,13-15H2,(H,25,27). The first-order valence-electron chi connectivity index (χ1n) is 10.4. The maximum Gasteiger partial charge on any atom is 0.387 e. The minimum atomic E-state index is -3.65. The van der Waals surface area contributed by atoms with Crippen LogP contribution in [0.1, 0.15) is 36.0 Å². The molecule has 1 N–H and O–H groups in total. The Balaban J connectivity index is 1.57. The van der Waals surface area contributed by atoms with E-state index in [1.54, 1.807) is 0 Å². The summed E-state index contributed by atoms with van der Waals surface area (Å²) in [6.07, 6.45) is 3.61. The molecule has 1 aliphatic heterocycles. The van der Waals surface area contributed by atoms with Crippen LogP contribution in [-0.4, -0.2) is 50.9 Å². The zero-order chi connectivity index (χ0) is 23.8. The van der Waals surface area contributed by atoms with Crippen LogP contribution in [0.4, 0.5) is 14.5 Å². The summed E-state index contributed by atoms with van der Waals surface area (Å²) >= 11 is 0. The molecule has 1 saturated heterocycles. The van der Waals surface area contributed by atoms with Crippen molar-refractivity contribution in [1.82, 2.24) is 4.31 Å². The largest absolute Gasteiger partial charge is 0.452 e. The average Bonchev–Trinajstić information content (AvgIpc) is 3.09. The first-order chi connectivity index (χ1) is 15.8. The minimum absolute atomic E-state index is 0.00178. The molecule has 0 unspecified atom stereocenters. The van der Waals surface area contributed by atoms with E-state index >= 15 is 0 Å². The number of hydrogen-bond donors (Lipinski definition) is 1. The zero-order valence-electron chi connectivity index (χ0n) is 17.7. The van der Waals surface area contributed by atoms with Gasteiger partial charge in [-0.25, -0.2) is 13.2 Å². The van der Waals surface area contributed by atoms with Gasteiger partial charge in [0.15, 0.2) is 6.61 Å². The molecule has 0 radical (unpaired) electrons. The number of nitrogens with zero attached hydrogens (tertiary/aromatic N) is 1. The van der Waals surface area contributed by atoms with E-state index in [1.165, 1.54) is 52.8 Å². The van der Waals surface area contributed by atoms with E-state index in [0.29, 0.717) is 13.1 Å². The fourth-order valence-electron chi connectivity index (χ4n) is 3.36. The van der Waals surface area contributed by atoms with E-state index in [2.05, 4.69) is 10.1 Å². The number of amides is 1. The molecule has 0 aromatic heterocycles. The number of para-hydroxylation sites is 2. The van der Waals surface area contributed by atoms with E-state index < -0.39 is 35.1 Å². The molecule has 0 atom stereocenters. The monoisotopic (exact) mass is 482 g/mol. The van der Waals surface area contributed by atoms with Crippen molar-refractivity contribution in [3.63, 3.8) is 0 Å². The normalized spacial score (nSPS) is 15.0. The lowest BCUT2D eigenvalue weighted by atomic mass is 10.2. The van der Waals surface area contributed by atoms with Gasteiger partial charge in [-0.15, -0.1) is 0 Å². The first kappa shape index (κ1) is 24.6. The third-order valence-corrected chi connectivity index (χ3v) is 6.92. The molecule has 1 aliphatic rings. The number of carbonyl (C=O) groups excluding carboxylic acids is 2. The third kappa shape index (κ3) is 6.72. The van der Waals surface area contributed by atoms with E-state index in [0.717, 1.165) is 25.7 Å². The average molecular weight is 483 g/mol. The highest BCUT2D eigenvalue weighted by atomic mass is 32.2. The van der Waals surface area contributed by atoms with Crippen molar-refractivity contribution in [3.05, 3.63) is 54.1 Å². The molecule has 1 heterocycles. The van der Waals surface area contributed by atoms with Crippen LogP contribution in [-0.2, 0) is 19.6 Å². The van der Waals surface area contributed by atoms with Gasteiger partial charge in [-0.1, -0.05) is 25.0 Å². The Bertz CT molecular complexity index is 1070. The Kier molecular flexibility index (Phi) is 8.34. The summed E-state index contributed by atoms with van der Waals surface area (Å²) in [5.41, 5.74) is 0.0703. The molecule has 11 heteroatoms. The SMILES string of the molecule is O=C(COC(=O)c1ccc(S(=O)(=O)N2CCCCCC2)cc1)Nc1ccccc1OC(F)F. The molecule has 0 saturated carbocycles. The van der Waals surface area contributed by atoms with Crippen LogP contribution in [0.25, 0.3) is 0 Å². The summed E-state index contributed by atoms with van der Waals surface area (Å²) in [7, 11) is -3.65. The summed E-state index contributed by atoms with van der Waals surface area (Å²) in [4.78, 5) is 24.4. The van der Waals surface area contributed by atoms with Crippen molar-refractivity contribution in [2.45, 2.75) is 37.2 Å². The van der Waals surface area contributed by atoms with Crippen molar-refractivity contribution in [3.8, 4) is 5.75 Å². The molecule has 1 fully saturated rings. The van der Waals surface area contributed by atoms with Crippen molar-refractivity contribution in [1.29, 1.82) is 0 Å². The van der Waals surface area contributed by atoms with E-state index in [1.807, 2.05) is 0 Å². The molecule has 2 aromatic rings. The quantitative estimate of drug-likeness (QED) is 0.577. The highest BCUT2D eigenvalue weighted by molar-refractivity contribution is 7.89. The predicted octanol–water partition coefficient (Wildman–Crippen LogP) is 3.65. The maximum atomic E-state index is 12.8. The van der Waals surface area contributed by atoms with Gasteiger partial charge in [-0.2, -0.15) is 13.1 Å². The Hall–Kier alpha value is -3.05. The van der Waals surface area contributed by atoms with E-state index in [9.17, 15) is 26.8 Å². The number of benzene rings is 2. The summed E-state index contributed by atoms with van der Waals surface area (Å²) in [5, 5.41) is 2.33. The second-order valence-corrected chi connectivity index (χ2v) is 9.28. The number of carbonyl (C=O) groups is 2. The minimum Gasteiger partial charge on any atom is -0.452 e. The molecule has 0 aliphatic carbocycles. The molecular formula is C22H24F2N2O6S. The van der Waals surface area contributed by atoms with Crippen LogP contribution in [0.5, 0.6) is 5.75 Å².